The van der Waals surface area contributed by atoms with Gasteiger partial charge in [-0.15, -0.1) is 0 Å². The second-order valence-corrected chi connectivity index (χ2v) is 4.43. The van der Waals surface area contributed by atoms with Crippen LogP contribution in [-0.2, 0) is 6.42 Å². The fraction of sp³-hybridized carbons (Fsp3) is 0.250. The Labute approximate surface area is 108 Å². The summed E-state index contributed by atoms with van der Waals surface area (Å²) in [6.45, 7) is 2.79. The van der Waals surface area contributed by atoms with Gasteiger partial charge in [0.15, 0.2) is 0 Å². The van der Waals surface area contributed by atoms with Gasteiger partial charge < -0.3 is 9.84 Å². The van der Waals surface area contributed by atoms with E-state index in [1.54, 1.807) is 24.3 Å². The standard InChI is InChI=1S/C16H18O2/c1-13-4-6-14(7-5-13)3-2-12-18-16-10-8-15(17)9-11-16/h4-11,17H,2-3,12H2,1H3. The highest BCUT2D eigenvalue weighted by atomic mass is 16.5. The molecule has 0 saturated heterocycles. The van der Waals surface area contributed by atoms with Gasteiger partial charge >= 0.3 is 0 Å². The number of rotatable bonds is 5. The van der Waals surface area contributed by atoms with Crippen LogP contribution in [0.3, 0.4) is 0 Å². The van der Waals surface area contributed by atoms with Crippen LogP contribution in [0.4, 0.5) is 0 Å². The normalized spacial score (nSPS) is 10.3. The zero-order chi connectivity index (χ0) is 12.8. The molecule has 0 fully saturated rings. The average Bonchev–Trinajstić information content (AvgIpc) is 2.39. The summed E-state index contributed by atoms with van der Waals surface area (Å²) in [7, 11) is 0. The molecule has 0 aliphatic carbocycles. The highest BCUT2D eigenvalue weighted by Crippen LogP contribution is 2.16. The molecule has 0 aliphatic heterocycles. The number of ether oxygens (including phenoxy) is 1. The second-order valence-electron chi connectivity index (χ2n) is 4.43. The Morgan fingerprint density at radius 1 is 0.944 bits per heavy atom. The van der Waals surface area contributed by atoms with E-state index in [2.05, 4.69) is 31.2 Å². The number of aryl methyl sites for hydroxylation is 2. The molecule has 0 aromatic heterocycles. The lowest BCUT2D eigenvalue weighted by molar-refractivity contribution is 0.310. The maximum Gasteiger partial charge on any atom is 0.119 e. The van der Waals surface area contributed by atoms with Crippen LogP contribution in [0.15, 0.2) is 48.5 Å². The van der Waals surface area contributed by atoms with Crippen LogP contribution >= 0.6 is 0 Å². The van der Waals surface area contributed by atoms with Gasteiger partial charge in [-0.25, -0.2) is 0 Å². The monoisotopic (exact) mass is 242 g/mol. The zero-order valence-corrected chi connectivity index (χ0v) is 10.6. The minimum atomic E-state index is 0.266. The summed E-state index contributed by atoms with van der Waals surface area (Å²) in [6.07, 6.45) is 2.02. The van der Waals surface area contributed by atoms with Gasteiger partial charge in [0.25, 0.3) is 0 Å². The largest absolute Gasteiger partial charge is 0.508 e. The van der Waals surface area contributed by atoms with Crippen LogP contribution in [0.1, 0.15) is 17.5 Å². The van der Waals surface area contributed by atoms with Crippen LogP contribution in [0.5, 0.6) is 11.5 Å². The maximum absolute atomic E-state index is 9.14. The van der Waals surface area contributed by atoms with E-state index in [1.165, 1.54) is 11.1 Å². The minimum absolute atomic E-state index is 0.266. The van der Waals surface area contributed by atoms with Crippen LogP contribution in [0.25, 0.3) is 0 Å². The second kappa shape index (κ2) is 6.10. The Morgan fingerprint density at radius 2 is 1.61 bits per heavy atom. The third kappa shape index (κ3) is 3.81. The number of aromatic hydroxyl groups is 1. The van der Waals surface area contributed by atoms with E-state index in [0.717, 1.165) is 18.6 Å². The lowest BCUT2D eigenvalue weighted by Crippen LogP contribution is -1.99. The molecule has 18 heavy (non-hydrogen) atoms. The predicted molar refractivity (Wildman–Crippen MR) is 73.1 cm³/mol. The van der Waals surface area contributed by atoms with E-state index in [4.69, 9.17) is 9.84 Å². The molecule has 2 aromatic rings. The first-order valence-electron chi connectivity index (χ1n) is 6.21. The minimum Gasteiger partial charge on any atom is -0.508 e. The quantitative estimate of drug-likeness (QED) is 0.810. The fourth-order valence-corrected chi connectivity index (χ4v) is 1.76. The number of phenols is 1. The molecule has 2 heteroatoms. The summed E-state index contributed by atoms with van der Waals surface area (Å²) in [5.74, 6) is 1.07. The number of phenolic OH excluding ortho intramolecular Hbond substituents is 1. The van der Waals surface area contributed by atoms with Crippen molar-refractivity contribution in [3.05, 3.63) is 59.7 Å². The molecule has 0 spiro atoms. The van der Waals surface area contributed by atoms with Gasteiger partial charge in [0.05, 0.1) is 6.61 Å². The van der Waals surface area contributed by atoms with E-state index in [0.29, 0.717) is 6.61 Å². The molecule has 2 nitrogen and oxygen atoms in total. The maximum atomic E-state index is 9.14. The predicted octanol–water partition coefficient (Wildman–Crippen LogP) is 3.71. The van der Waals surface area contributed by atoms with E-state index < -0.39 is 0 Å². The zero-order valence-electron chi connectivity index (χ0n) is 10.6. The number of hydrogen-bond donors (Lipinski definition) is 1. The first-order chi connectivity index (χ1) is 8.74. The Bertz CT molecular complexity index is 424. The Balaban J connectivity index is 1.73. The van der Waals surface area contributed by atoms with Gasteiger partial charge in [0.2, 0.25) is 0 Å². The fourth-order valence-electron chi connectivity index (χ4n) is 1.76. The van der Waals surface area contributed by atoms with Gasteiger partial charge in [-0.1, -0.05) is 29.8 Å². The Kier molecular flexibility index (Phi) is 4.24. The van der Waals surface area contributed by atoms with Crippen LogP contribution in [0, 0.1) is 6.92 Å². The Morgan fingerprint density at radius 3 is 2.28 bits per heavy atom. The van der Waals surface area contributed by atoms with Crippen molar-refractivity contribution in [3.8, 4) is 11.5 Å². The van der Waals surface area contributed by atoms with Crippen molar-refractivity contribution < 1.29 is 9.84 Å². The van der Waals surface area contributed by atoms with E-state index in [-0.39, 0.29) is 5.75 Å². The van der Waals surface area contributed by atoms with E-state index >= 15 is 0 Å². The molecule has 2 rings (SSSR count). The molecule has 0 aliphatic rings. The van der Waals surface area contributed by atoms with Crippen molar-refractivity contribution in [2.24, 2.45) is 0 Å². The third-order valence-electron chi connectivity index (χ3n) is 2.84. The van der Waals surface area contributed by atoms with Gasteiger partial charge in [0.1, 0.15) is 11.5 Å². The molecule has 1 N–H and O–H groups in total. The van der Waals surface area contributed by atoms with Crippen molar-refractivity contribution in [2.75, 3.05) is 6.61 Å². The molecular formula is C16H18O2. The van der Waals surface area contributed by atoms with Gasteiger partial charge in [-0.2, -0.15) is 0 Å². The van der Waals surface area contributed by atoms with E-state index in [9.17, 15) is 0 Å². The summed E-state index contributed by atoms with van der Waals surface area (Å²) < 4.78 is 5.60. The van der Waals surface area contributed by atoms with Gasteiger partial charge in [0, 0.05) is 0 Å². The van der Waals surface area contributed by atoms with Crippen molar-refractivity contribution in [1.82, 2.24) is 0 Å². The van der Waals surface area contributed by atoms with Crippen molar-refractivity contribution in [2.45, 2.75) is 19.8 Å². The summed E-state index contributed by atoms with van der Waals surface area (Å²) in [5, 5.41) is 9.14. The first-order valence-corrected chi connectivity index (χ1v) is 6.21. The van der Waals surface area contributed by atoms with Crippen molar-refractivity contribution in [1.29, 1.82) is 0 Å². The summed E-state index contributed by atoms with van der Waals surface area (Å²) in [5.41, 5.74) is 2.63. The molecule has 0 heterocycles. The smallest absolute Gasteiger partial charge is 0.119 e. The van der Waals surface area contributed by atoms with Gasteiger partial charge in [-0.3, -0.25) is 0 Å². The highest BCUT2D eigenvalue weighted by molar-refractivity contribution is 5.30. The lowest BCUT2D eigenvalue weighted by atomic mass is 10.1. The molecule has 0 radical (unpaired) electrons. The molecule has 0 saturated carbocycles. The first kappa shape index (κ1) is 12.5. The summed E-state index contributed by atoms with van der Waals surface area (Å²) in [4.78, 5) is 0. The molecule has 94 valence electrons. The van der Waals surface area contributed by atoms with Gasteiger partial charge in [-0.05, 0) is 49.6 Å². The topological polar surface area (TPSA) is 29.5 Å². The number of benzene rings is 2. The Hall–Kier alpha value is -1.96. The number of hydrogen-bond acceptors (Lipinski definition) is 2. The summed E-state index contributed by atoms with van der Waals surface area (Å²) in [6, 6.07) is 15.4. The van der Waals surface area contributed by atoms with Crippen molar-refractivity contribution in [3.63, 3.8) is 0 Å². The molecule has 0 bridgehead atoms. The lowest BCUT2D eigenvalue weighted by Gasteiger charge is -2.06. The van der Waals surface area contributed by atoms with Crippen molar-refractivity contribution >= 4 is 0 Å². The SMILES string of the molecule is Cc1ccc(CCCOc2ccc(O)cc2)cc1. The highest BCUT2D eigenvalue weighted by Gasteiger charge is 1.96. The molecule has 0 atom stereocenters. The molecule has 2 aromatic carbocycles. The average molecular weight is 242 g/mol. The third-order valence-corrected chi connectivity index (χ3v) is 2.84. The van der Waals surface area contributed by atoms with Crippen LogP contribution in [0.2, 0.25) is 0 Å². The molecule has 0 amide bonds. The van der Waals surface area contributed by atoms with Crippen LogP contribution < -0.4 is 4.74 Å². The molecule has 0 unspecified atom stereocenters. The summed E-state index contributed by atoms with van der Waals surface area (Å²) >= 11 is 0. The van der Waals surface area contributed by atoms with E-state index in [1.807, 2.05) is 0 Å². The van der Waals surface area contributed by atoms with Crippen LogP contribution in [-0.4, -0.2) is 11.7 Å². The molecular weight excluding hydrogens is 224 g/mol.